The van der Waals surface area contributed by atoms with Crippen molar-refractivity contribution >= 4 is 17.3 Å². The van der Waals surface area contributed by atoms with Crippen molar-refractivity contribution in [3.63, 3.8) is 0 Å². The minimum absolute atomic E-state index is 0.0589. The number of ether oxygens (including phenoxy) is 1. The van der Waals surface area contributed by atoms with Gasteiger partial charge in [-0.15, -0.1) is 0 Å². The number of nitrogens with one attached hydrogen (secondary N) is 2. The van der Waals surface area contributed by atoms with E-state index < -0.39 is 10.7 Å². The van der Waals surface area contributed by atoms with Gasteiger partial charge in [-0.05, 0) is 19.3 Å². The van der Waals surface area contributed by atoms with Gasteiger partial charge in [0.15, 0.2) is 11.6 Å². The fourth-order valence-electron chi connectivity index (χ4n) is 2.33. The lowest BCUT2D eigenvalue weighted by Crippen LogP contribution is -2.35. The van der Waals surface area contributed by atoms with Crippen LogP contribution in [-0.4, -0.2) is 31.0 Å². The molecule has 1 amide bonds. The molecule has 1 aliphatic rings. The highest BCUT2D eigenvalue weighted by atomic mass is 19.1. The molecule has 2 rings (SSSR count). The molecule has 1 saturated carbocycles. The lowest BCUT2D eigenvalue weighted by Gasteiger charge is -2.24. The third-order valence-corrected chi connectivity index (χ3v) is 3.91. The fourth-order valence-corrected chi connectivity index (χ4v) is 2.33. The zero-order valence-electron chi connectivity index (χ0n) is 12.9. The van der Waals surface area contributed by atoms with Crippen LogP contribution >= 0.6 is 0 Å². The standard InChI is InChI=1S/C15H20FN3O4/c1-23-14-9-12(13(19(21)22)8-11(14)16)17-6-3-7-18-15(20)10-4-2-5-10/h8-10,17H,2-7H2,1H3,(H,18,20). The van der Waals surface area contributed by atoms with E-state index >= 15 is 0 Å². The maximum Gasteiger partial charge on any atom is 0.295 e. The van der Waals surface area contributed by atoms with E-state index in [1.165, 1.54) is 13.2 Å². The van der Waals surface area contributed by atoms with E-state index in [2.05, 4.69) is 10.6 Å². The number of nitrogens with zero attached hydrogens (tertiary/aromatic N) is 1. The molecule has 0 spiro atoms. The number of rotatable bonds is 8. The number of amides is 1. The summed E-state index contributed by atoms with van der Waals surface area (Å²) in [6.07, 6.45) is 3.61. The van der Waals surface area contributed by atoms with Crippen LogP contribution in [0.5, 0.6) is 5.75 Å². The minimum atomic E-state index is -0.780. The molecule has 0 heterocycles. The van der Waals surface area contributed by atoms with Gasteiger partial charge in [0.05, 0.1) is 18.1 Å². The second-order valence-corrected chi connectivity index (χ2v) is 5.46. The van der Waals surface area contributed by atoms with Gasteiger partial charge in [-0.25, -0.2) is 4.39 Å². The zero-order chi connectivity index (χ0) is 16.8. The lowest BCUT2D eigenvalue weighted by atomic mass is 9.85. The molecular weight excluding hydrogens is 305 g/mol. The number of methoxy groups -OCH3 is 1. The van der Waals surface area contributed by atoms with Crippen molar-refractivity contribution in [3.8, 4) is 5.75 Å². The molecule has 8 heteroatoms. The molecule has 1 aliphatic carbocycles. The van der Waals surface area contributed by atoms with Crippen LogP contribution in [0, 0.1) is 21.8 Å². The van der Waals surface area contributed by atoms with Crippen LogP contribution in [0.2, 0.25) is 0 Å². The highest BCUT2D eigenvalue weighted by molar-refractivity contribution is 5.79. The summed E-state index contributed by atoms with van der Waals surface area (Å²) in [6.45, 7) is 0.912. The minimum Gasteiger partial charge on any atom is -0.494 e. The van der Waals surface area contributed by atoms with Crippen molar-refractivity contribution in [1.82, 2.24) is 5.32 Å². The van der Waals surface area contributed by atoms with E-state index in [1.54, 1.807) is 0 Å². The fraction of sp³-hybridized carbons (Fsp3) is 0.533. The molecule has 1 aromatic rings. The third kappa shape index (κ3) is 4.30. The second-order valence-electron chi connectivity index (χ2n) is 5.46. The maximum absolute atomic E-state index is 13.5. The van der Waals surface area contributed by atoms with Crippen LogP contribution in [0.25, 0.3) is 0 Å². The first-order valence-corrected chi connectivity index (χ1v) is 7.56. The monoisotopic (exact) mass is 325 g/mol. The predicted octanol–water partition coefficient (Wildman–Crippen LogP) is 2.46. The number of nitro benzene ring substituents is 1. The lowest BCUT2D eigenvalue weighted by molar-refractivity contribution is -0.384. The molecule has 0 radical (unpaired) electrons. The van der Waals surface area contributed by atoms with Gasteiger partial charge >= 0.3 is 0 Å². The average molecular weight is 325 g/mol. The van der Waals surface area contributed by atoms with Crippen LogP contribution in [0.3, 0.4) is 0 Å². The Morgan fingerprint density at radius 1 is 1.43 bits per heavy atom. The highest BCUT2D eigenvalue weighted by Gasteiger charge is 2.24. The van der Waals surface area contributed by atoms with Gasteiger partial charge in [-0.1, -0.05) is 6.42 Å². The van der Waals surface area contributed by atoms with E-state index in [-0.39, 0.29) is 28.9 Å². The molecule has 0 unspecified atom stereocenters. The molecule has 0 aromatic heterocycles. The van der Waals surface area contributed by atoms with Gasteiger partial charge in [-0.3, -0.25) is 14.9 Å². The summed E-state index contributed by atoms with van der Waals surface area (Å²) < 4.78 is 18.4. The van der Waals surface area contributed by atoms with Crippen molar-refractivity contribution in [2.24, 2.45) is 5.92 Å². The van der Waals surface area contributed by atoms with Crippen LogP contribution in [0.1, 0.15) is 25.7 Å². The first kappa shape index (κ1) is 17.0. The van der Waals surface area contributed by atoms with Crippen LogP contribution in [-0.2, 0) is 4.79 Å². The number of hydrogen-bond acceptors (Lipinski definition) is 5. The third-order valence-electron chi connectivity index (χ3n) is 3.91. The molecular formula is C15H20FN3O4. The van der Waals surface area contributed by atoms with E-state index in [0.29, 0.717) is 19.5 Å². The molecule has 23 heavy (non-hydrogen) atoms. The van der Waals surface area contributed by atoms with Crippen LogP contribution < -0.4 is 15.4 Å². The average Bonchev–Trinajstić information content (AvgIpc) is 2.45. The van der Waals surface area contributed by atoms with Gasteiger partial charge in [0.25, 0.3) is 5.69 Å². The highest BCUT2D eigenvalue weighted by Crippen LogP contribution is 2.31. The Labute approximate surface area is 133 Å². The van der Waals surface area contributed by atoms with E-state index in [9.17, 15) is 19.3 Å². The summed E-state index contributed by atoms with van der Waals surface area (Å²) in [7, 11) is 1.30. The number of carbonyl (C=O) groups is 1. The summed E-state index contributed by atoms with van der Waals surface area (Å²) in [6, 6.07) is 2.10. The Morgan fingerprint density at radius 2 is 2.17 bits per heavy atom. The first-order chi connectivity index (χ1) is 11.0. The SMILES string of the molecule is COc1cc(NCCCNC(=O)C2CCC2)c([N+](=O)[O-])cc1F. The van der Waals surface area contributed by atoms with Crippen molar-refractivity contribution in [2.75, 3.05) is 25.5 Å². The number of hydrogen-bond donors (Lipinski definition) is 2. The first-order valence-electron chi connectivity index (χ1n) is 7.56. The molecule has 126 valence electrons. The van der Waals surface area contributed by atoms with Gasteiger partial charge in [0.1, 0.15) is 5.69 Å². The van der Waals surface area contributed by atoms with Gasteiger partial charge in [-0.2, -0.15) is 0 Å². The van der Waals surface area contributed by atoms with E-state index in [4.69, 9.17) is 4.74 Å². The van der Waals surface area contributed by atoms with Gasteiger partial charge in [0, 0.05) is 25.1 Å². The molecule has 1 fully saturated rings. The Hall–Kier alpha value is -2.38. The Bertz CT molecular complexity index is 590. The number of anilines is 1. The number of halogens is 1. The molecule has 7 nitrogen and oxygen atoms in total. The van der Waals surface area contributed by atoms with Crippen LogP contribution in [0.4, 0.5) is 15.8 Å². The maximum atomic E-state index is 13.5. The molecule has 1 aromatic carbocycles. The topological polar surface area (TPSA) is 93.5 Å². The molecule has 2 N–H and O–H groups in total. The van der Waals surface area contributed by atoms with Gasteiger partial charge in [0.2, 0.25) is 5.91 Å². The van der Waals surface area contributed by atoms with Gasteiger partial charge < -0.3 is 15.4 Å². The second kappa shape index (κ2) is 7.75. The van der Waals surface area contributed by atoms with E-state index in [0.717, 1.165) is 25.3 Å². The van der Waals surface area contributed by atoms with Crippen LogP contribution in [0.15, 0.2) is 12.1 Å². The van der Waals surface area contributed by atoms with E-state index in [1.807, 2.05) is 0 Å². The molecule has 0 aliphatic heterocycles. The number of carbonyl (C=O) groups excluding carboxylic acids is 1. The van der Waals surface area contributed by atoms with Crippen molar-refractivity contribution in [2.45, 2.75) is 25.7 Å². The zero-order valence-corrected chi connectivity index (χ0v) is 12.9. The summed E-state index contributed by atoms with van der Waals surface area (Å²) in [5.41, 5.74) is -0.152. The largest absolute Gasteiger partial charge is 0.494 e. The van der Waals surface area contributed by atoms with Crippen molar-refractivity contribution in [1.29, 1.82) is 0 Å². The summed E-state index contributed by atoms with van der Waals surface area (Å²) in [4.78, 5) is 22.0. The molecule has 0 saturated heterocycles. The summed E-state index contributed by atoms with van der Waals surface area (Å²) in [5, 5.41) is 16.7. The summed E-state index contributed by atoms with van der Waals surface area (Å²) in [5.74, 6) is -0.620. The number of benzene rings is 1. The Kier molecular flexibility index (Phi) is 5.72. The normalized spacial score (nSPS) is 14.0. The smallest absolute Gasteiger partial charge is 0.295 e. The number of nitro groups is 1. The predicted molar refractivity (Wildman–Crippen MR) is 83.1 cm³/mol. The Balaban J connectivity index is 1.84. The summed E-state index contributed by atoms with van der Waals surface area (Å²) >= 11 is 0. The van der Waals surface area contributed by atoms with Crippen molar-refractivity contribution < 1.29 is 18.8 Å². The molecule has 0 bridgehead atoms. The molecule has 0 atom stereocenters. The quantitative estimate of drug-likeness (QED) is 0.435. The Morgan fingerprint density at radius 3 is 2.74 bits per heavy atom. The van der Waals surface area contributed by atoms with Crippen molar-refractivity contribution in [3.05, 3.63) is 28.1 Å².